The summed E-state index contributed by atoms with van der Waals surface area (Å²) in [6.07, 6.45) is 0. The number of hydrogen-bond acceptors (Lipinski definition) is 3. The smallest absolute Gasteiger partial charge is 0.304 e. The number of hydrogen-bond donors (Lipinski definition) is 3. The van der Waals surface area contributed by atoms with Gasteiger partial charge in [-0.2, -0.15) is 0 Å². The van der Waals surface area contributed by atoms with E-state index in [2.05, 4.69) is 15.9 Å². The second-order valence-corrected chi connectivity index (χ2v) is 3.06. The standard InChI is InChI=1S/C7H7BrO3/c8-6-3-1-5(2-4-6)7(9,10)11/h1-4,9-11H. The van der Waals surface area contributed by atoms with E-state index in [1.54, 1.807) is 12.1 Å². The monoisotopic (exact) mass is 218 g/mol. The van der Waals surface area contributed by atoms with Gasteiger partial charge in [0.05, 0.1) is 0 Å². The Balaban J connectivity index is 2.99. The number of rotatable bonds is 1. The van der Waals surface area contributed by atoms with Gasteiger partial charge in [-0.15, -0.1) is 0 Å². The zero-order valence-corrected chi connectivity index (χ0v) is 7.12. The first-order valence-corrected chi connectivity index (χ1v) is 3.72. The second-order valence-electron chi connectivity index (χ2n) is 2.14. The van der Waals surface area contributed by atoms with Crippen LogP contribution in [0, 0.1) is 0 Å². The fourth-order valence-corrected chi connectivity index (χ4v) is 0.938. The molecule has 0 saturated heterocycles. The molecule has 0 amide bonds. The highest BCUT2D eigenvalue weighted by Gasteiger charge is 2.20. The Labute approximate surface area is 72.0 Å². The molecule has 0 aromatic heterocycles. The van der Waals surface area contributed by atoms with E-state index in [0.717, 1.165) is 4.47 Å². The van der Waals surface area contributed by atoms with E-state index in [1.807, 2.05) is 0 Å². The molecule has 1 aromatic carbocycles. The third-order valence-electron chi connectivity index (χ3n) is 1.23. The molecule has 0 spiro atoms. The molecule has 1 rings (SSSR count). The Morgan fingerprint density at radius 1 is 1.00 bits per heavy atom. The summed E-state index contributed by atoms with van der Waals surface area (Å²) in [4.78, 5) is 0. The van der Waals surface area contributed by atoms with Gasteiger partial charge in [0.2, 0.25) is 0 Å². The molecule has 0 saturated carbocycles. The van der Waals surface area contributed by atoms with Gasteiger partial charge in [-0.3, -0.25) is 0 Å². The molecular formula is C7H7BrO3. The fraction of sp³-hybridized carbons (Fsp3) is 0.143. The van der Waals surface area contributed by atoms with Crippen LogP contribution in [-0.4, -0.2) is 15.3 Å². The van der Waals surface area contributed by atoms with E-state index < -0.39 is 5.97 Å². The van der Waals surface area contributed by atoms with Gasteiger partial charge in [0.25, 0.3) is 0 Å². The summed E-state index contributed by atoms with van der Waals surface area (Å²) < 4.78 is 0.811. The summed E-state index contributed by atoms with van der Waals surface area (Å²) in [5.41, 5.74) is 0.0423. The first kappa shape index (κ1) is 8.67. The average molecular weight is 219 g/mol. The van der Waals surface area contributed by atoms with Crippen molar-refractivity contribution in [2.75, 3.05) is 0 Å². The molecule has 3 nitrogen and oxygen atoms in total. The largest absolute Gasteiger partial charge is 0.340 e. The topological polar surface area (TPSA) is 60.7 Å². The number of benzene rings is 1. The third-order valence-corrected chi connectivity index (χ3v) is 1.76. The van der Waals surface area contributed by atoms with Crippen molar-refractivity contribution in [3.63, 3.8) is 0 Å². The van der Waals surface area contributed by atoms with Gasteiger partial charge < -0.3 is 15.3 Å². The Kier molecular flexibility index (Phi) is 2.29. The lowest BCUT2D eigenvalue weighted by molar-refractivity contribution is -0.323. The van der Waals surface area contributed by atoms with Gasteiger partial charge in [0, 0.05) is 10.0 Å². The molecule has 3 N–H and O–H groups in total. The highest BCUT2D eigenvalue weighted by molar-refractivity contribution is 9.10. The molecule has 11 heavy (non-hydrogen) atoms. The van der Waals surface area contributed by atoms with Gasteiger partial charge in [0.1, 0.15) is 0 Å². The molecule has 0 unspecified atom stereocenters. The van der Waals surface area contributed by atoms with Crippen molar-refractivity contribution in [1.82, 2.24) is 0 Å². The summed E-state index contributed by atoms with van der Waals surface area (Å²) in [6, 6.07) is 6.02. The molecule has 0 aliphatic rings. The first-order chi connectivity index (χ1) is 5.00. The average Bonchev–Trinajstić information content (AvgIpc) is 1.86. The van der Waals surface area contributed by atoms with Crippen LogP contribution >= 0.6 is 15.9 Å². The molecule has 4 heteroatoms. The molecule has 0 aliphatic carbocycles. The van der Waals surface area contributed by atoms with Gasteiger partial charge in [-0.05, 0) is 24.3 Å². The van der Waals surface area contributed by atoms with Crippen molar-refractivity contribution < 1.29 is 15.3 Å². The minimum absolute atomic E-state index is 0.0423. The summed E-state index contributed by atoms with van der Waals surface area (Å²) >= 11 is 3.17. The number of aliphatic hydroxyl groups is 3. The quantitative estimate of drug-likeness (QED) is 0.604. The summed E-state index contributed by atoms with van der Waals surface area (Å²) in [5, 5.41) is 26.0. The Morgan fingerprint density at radius 2 is 1.45 bits per heavy atom. The van der Waals surface area contributed by atoms with Crippen LogP contribution in [0.15, 0.2) is 28.7 Å². The van der Waals surface area contributed by atoms with E-state index in [1.165, 1.54) is 12.1 Å². The minimum atomic E-state index is -2.74. The van der Waals surface area contributed by atoms with Crippen LogP contribution < -0.4 is 0 Å². The van der Waals surface area contributed by atoms with E-state index in [-0.39, 0.29) is 5.56 Å². The van der Waals surface area contributed by atoms with Crippen LogP contribution in [0.3, 0.4) is 0 Å². The van der Waals surface area contributed by atoms with E-state index in [9.17, 15) is 0 Å². The lowest BCUT2D eigenvalue weighted by Crippen LogP contribution is -2.23. The van der Waals surface area contributed by atoms with Crippen LogP contribution in [-0.2, 0) is 5.97 Å². The van der Waals surface area contributed by atoms with E-state index in [0.29, 0.717) is 0 Å². The Morgan fingerprint density at radius 3 is 1.82 bits per heavy atom. The number of halogens is 1. The van der Waals surface area contributed by atoms with Crippen LogP contribution in [0.25, 0.3) is 0 Å². The molecule has 60 valence electrons. The maximum atomic E-state index is 8.68. The zero-order chi connectivity index (χ0) is 8.48. The lowest BCUT2D eigenvalue weighted by atomic mass is 10.2. The van der Waals surface area contributed by atoms with Gasteiger partial charge in [0.15, 0.2) is 0 Å². The Bertz CT molecular complexity index is 237. The molecule has 1 aromatic rings. The second kappa shape index (κ2) is 2.91. The van der Waals surface area contributed by atoms with E-state index >= 15 is 0 Å². The highest BCUT2D eigenvalue weighted by atomic mass is 79.9. The van der Waals surface area contributed by atoms with Crippen molar-refractivity contribution >= 4 is 15.9 Å². The Hall–Kier alpha value is -0.420. The van der Waals surface area contributed by atoms with Crippen molar-refractivity contribution in [3.05, 3.63) is 34.3 Å². The van der Waals surface area contributed by atoms with Gasteiger partial charge >= 0.3 is 5.97 Å². The maximum absolute atomic E-state index is 8.68. The predicted octanol–water partition coefficient (Wildman–Crippen LogP) is 0.536. The van der Waals surface area contributed by atoms with Gasteiger partial charge in [-0.25, -0.2) is 0 Å². The molecular weight excluding hydrogens is 212 g/mol. The molecule has 0 heterocycles. The van der Waals surface area contributed by atoms with Crippen molar-refractivity contribution in [2.45, 2.75) is 5.97 Å². The molecule has 0 fully saturated rings. The lowest BCUT2D eigenvalue weighted by Gasteiger charge is -2.13. The van der Waals surface area contributed by atoms with Crippen LogP contribution in [0.1, 0.15) is 5.56 Å². The molecule has 0 radical (unpaired) electrons. The molecule has 0 aliphatic heterocycles. The molecule has 0 bridgehead atoms. The first-order valence-electron chi connectivity index (χ1n) is 2.93. The van der Waals surface area contributed by atoms with Crippen molar-refractivity contribution in [3.8, 4) is 0 Å². The van der Waals surface area contributed by atoms with Crippen LogP contribution in [0.4, 0.5) is 0 Å². The van der Waals surface area contributed by atoms with E-state index in [4.69, 9.17) is 15.3 Å². The third kappa shape index (κ3) is 2.27. The van der Waals surface area contributed by atoms with Crippen LogP contribution in [0.5, 0.6) is 0 Å². The van der Waals surface area contributed by atoms with Gasteiger partial charge in [-0.1, -0.05) is 15.9 Å². The normalized spacial score (nSPS) is 11.6. The predicted molar refractivity (Wildman–Crippen MR) is 42.5 cm³/mol. The summed E-state index contributed by atoms with van der Waals surface area (Å²) in [6.45, 7) is 0. The molecule has 0 atom stereocenters. The zero-order valence-electron chi connectivity index (χ0n) is 5.53. The minimum Gasteiger partial charge on any atom is -0.340 e. The van der Waals surface area contributed by atoms with Crippen LogP contribution in [0.2, 0.25) is 0 Å². The fourth-order valence-electron chi connectivity index (χ4n) is 0.673. The SMILES string of the molecule is OC(O)(O)c1ccc(Br)cc1. The summed E-state index contributed by atoms with van der Waals surface area (Å²) in [7, 11) is 0. The maximum Gasteiger partial charge on any atom is 0.304 e. The highest BCUT2D eigenvalue weighted by Crippen LogP contribution is 2.17. The summed E-state index contributed by atoms with van der Waals surface area (Å²) in [5.74, 6) is -2.74. The van der Waals surface area contributed by atoms with Crippen molar-refractivity contribution in [1.29, 1.82) is 0 Å². The van der Waals surface area contributed by atoms with Crippen molar-refractivity contribution in [2.24, 2.45) is 0 Å².